The van der Waals surface area contributed by atoms with Crippen LogP contribution in [0.4, 0.5) is 14.5 Å². The predicted molar refractivity (Wildman–Crippen MR) is 148 cm³/mol. The molecule has 37 heavy (non-hydrogen) atoms. The monoisotopic (exact) mass is 499 g/mol. The van der Waals surface area contributed by atoms with Gasteiger partial charge >= 0.3 is 0 Å². The van der Waals surface area contributed by atoms with Crippen LogP contribution in [0.25, 0.3) is 0 Å². The molecule has 0 amide bonds. The minimum Gasteiger partial charge on any atom is -0.372 e. The fourth-order valence-corrected chi connectivity index (χ4v) is 4.60. The van der Waals surface area contributed by atoms with Crippen LogP contribution in [-0.2, 0) is 24.5 Å². The van der Waals surface area contributed by atoms with Gasteiger partial charge in [-0.25, -0.2) is 8.78 Å². The molecular formula is C33H35F2NO. The Morgan fingerprint density at radius 2 is 1.27 bits per heavy atom. The summed E-state index contributed by atoms with van der Waals surface area (Å²) < 4.78 is 32.3. The minimum atomic E-state index is -0.381. The molecule has 0 saturated heterocycles. The van der Waals surface area contributed by atoms with Gasteiger partial charge in [0.15, 0.2) is 0 Å². The Hall–Kier alpha value is -3.50. The molecule has 2 atom stereocenters. The quantitative estimate of drug-likeness (QED) is 0.194. The summed E-state index contributed by atoms with van der Waals surface area (Å²) in [5.41, 5.74) is 6.67. The van der Waals surface area contributed by atoms with E-state index in [0.717, 1.165) is 16.8 Å². The van der Waals surface area contributed by atoms with Crippen molar-refractivity contribution >= 4 is 5.69 Å². The molecule has 0 aromatic heterocycles. The molecular weight excluding hydrogens is 464 g/mol. The average Bonchev–Trinajstić information content (AvgIpc) is 2.93. The van der Waals surface area contributed by atoms with Gasteiger partial charge in [-0.1, -0.05) is 92.7 Å². The summed E-state index contributed by atoms with van der Waals surface area (Å²) in [6.45, 7) is 6.05. The van der Waals surface area contributed by atoms with Crippen molar-refractivity contribution in [1.82, 2.24) is 0 Å². The van der Waals surface area contributed by atoms with Crippen molar-refractivity contribution in [2.45, 2.75) is 45.4 Å². The van der Waals surface area contributed by atoms with Crippen LogP contribution in [0.5, 0.6) is 0 Å². The van der Waals surface area contributed by atoms with E-state index < -0.39 is 0 Å². The van der Waals surface area contributed by atoms with Crippen LogP contribution in [0.15, 0.2) is 103 Å². The molecule has 0 saturated carbocycles. The zero-order chi connectivity index (χ0) is 26.0. The van der Waals surface area contributed by atoms with E-state index in [1.54, 1.807) is 6.07 Å². The second kappa shape index (κ2) is 13.2. The van der Waals surface area contributed by atoms with Gasteiger partial charge in [0.1, 0.15) is 12.5 Å². The maximum Gasteiger partial charge on any atom is 0.123 e. The molecule has 0 aliphatic rings. The highest BCUT2D eigenvalue weighted by Gasteiger charge is 2.17. The maximum atomic E-state index is 13.3. The van der Waals surface area contributed by atoms with Crippen LogP contribution in [0.2, 0.25) is 0 Å². The van der Waals surface area contributed by atoms with Crippen LogP contribution >= 0.6 is 0 Å². The SMILES string of the molecule is C[C@H](c1ccc(COCc2cccc(F)c2)cc1)[C@@H](C)c1ccc(N(CCF)Cc2ccccc2)cc1. The molecule has 0 unspecified atom stereocenters. The van der Waals surface area contributed by atoms with Crippen LogP contribution in [-0.4, -0.2) is 13.2 Å². The first-order chi connectivity index (χ1) is 18.0. The Labute approximate surface area is 219 Å². The topological polar surface area (TPSA) is 12.5 Å². The number of hydrogen-bond acceptors (Lipinski definition) is 2. The summed E-state index contributed by atoms with van der Waals surface area (Å²) in [5, 5.41) is 0. The molecule has 2 nitrogen and oxygen atoms in total. The highest BCUT2D eigenvalue weighted by molar-refractivity contribution is 5.49. The third kappa shape index (κ3) is 7.50. The van der Waals surface area contributed by atoms with Gasteiger partial charge in [0.2, 0.25) is 0 Å². The van der Waals surface area contributed by atoms with E-state index in [1.807, 2.05) is 24.3 Å². The highest BCUT2D eigenvalue weighted by Crippen LogP contribution is 2.33. The van der Waals surface area contributed by atoms with E-state index >= 15 is 0 Å². The molecule has 0 spiro atoms. The van der Waals surface area contributed by atoms with Crippen molar-refractivity contribution < 1.29 is 13.5 Å². The van der Waals surface area contributed by atoms with Gasteiger partial charge in [-0.05, 0) is 63.9 Å². The van der Waals surface area contributed by atoms with Gasteiger partial charge in [-0.3, -0.25) is 0 Å². The Kier molecular flexibility index (Phi) is 9.45. The second-order valence-electron chi connectivity index (χ2n) is 9.63. The zero-order valence-electron chi connectivity index (χ0n) is 21.6. The molecule has 4 rings (SSSR count). The lowest BCUT2D eigenvalue weighted by Crippen LogP contribution is -2.25. The summed E-state index contributed by atoms with van der Waals surface area (Å²) in [5.74, 6) is 0.416. The van der Waals surface area contributed by atoms with E-state index in [0.29, 0.717) is 38.1 Å². The van der Waals surface area contributed by atoms with E-state index in [-0.39, 0.29) is 12.5 Å². The van der Waals surface area contributed by atoms with E-state index in [9.17, 15) is 8.78 Å². The highest BCUT2D eigenvalue weighted by atomic mass is 19.1. The number of hydrogen-bond donors (Lipinski definition) is 0. The first kappa shape index (κ1) is 26.6. The van der Waals surface area contributed by atoms with Gasteiger partial charge in [-0.15, -0.1) is 0 Å². The third-order valence-electron chi connectivity index (χ3n) is 7.04. The summed E-state index contributed by atoms with van der Waals surface area (Å²) >= 11 is 0. The summed E-state index contributed by atoms with van der Waals surface area (Å²) in [6.07, 6.45) is 0. The molecule has 0 radical (unpaired) electrons. The van der Waals surface area contributed by atoms with Crippen molar-refractivity contribution in [2.75, 3.05) is 18.1 Å². The Balaban J connectivity index is 1.34. The lowest BCUT2D eigenvalue weighted by molar-refractivity contribution is 0.107. The summed E-state index contributed by atoms with van der Waals surface area (Å²) in [4.78, 5) is 2.09. The Morgan fingerprint density at radius 3 is 1.89 bits per heavy atom. The molecule has 192 valence electrons. The smallest absolute Gasteiger partial charge is 0.123 e. The van der Waals surface area contributed by atoms with E-state index in [2.05, 4.69) is 79.4 Å². The largest absolute Gasteiger partial charge is 0.372 e. The number of alkyl halides is 1. The van der Waals surface area contributed by atoms with Gasteiger partial charge in [0.25, 0.3) is 0 Å². The van der Waals surface area contributed by atoms with Crippen molar-refractivity contribution in [3.05, 3.63) is 137 Å². The molecule has 0 aliphatic heterocycles. The third-order valence-corrected chi connectivity index (χ3v) is 7.04. The molecule has 4 aromatic carbocycles. The van der Waals surface area contributed by atoms with Crippen molar-refractivity contribution in [1.29, 1.82) is 0 Å². The van der Waals surface area contributed by atoms with Gasteiger partial charge < -0.3 is 9.64 Å². The second-order valence-corrected chi connectivity index (χ2v) is 9.63. The van der Waals surface area contributed by atoms with Crippen LogP contribution in [0.3, 0.4) is 0 Å². The molecule has 0 bridgehead atoms. The molecule has 0 heterocycles. The van der Waals surface area contributed by atoms with Crippen LogP contribution in [0, 0.1) is 5.82 Å². The number of rotatable bonds is 12. The van der Waals surface area contributed by atoms with Gasteiger partial charge in [-0.2, -0.15) is 0 Å². The number of ether oxygens (including phenoxy) is 1. The summed E-state index contributed by atoms with van der Waals surface area (Å²) in [7, 11) is 0. The number of anilines is 1. The lowest BCUT2D eigenvalue weighted by atomic mass is 9.84. The van der Waals surface area contributed by atoms with Crippen LogP contribution in [0.1, 0.15) is 53.5 Å². The van der Waals surface area contributed by atoms with Crippen LogP contribution < -0.4 is 4.90 Å². The molecule has 0 fully saturated rings. The fourth-order valence-electron chi connectivity index (χ4n) is 4.60. The number of halogens is 2. The normalized spacial score (nSPS) is 12.8. The molecule has 4 aromatic rings. The minimum absolute atomic E-state index is 0.243. The fraction of sp³-hybridized carbons (Fsp3) is 0.273. The number of nitrogens with zero attached hydrogens (tertiary/aromatic N) is 1. The van der Waals surface area contributed by atoms with Crippen molar-refractivity contribution in [2.24, 2.45) is 0 Å². The van der Waals surface area contributed by atoms with Gasteiger partial charge in [0, 0.05) is 18.8 Å². The standard InChI is InChI=1S/C33H35F2NO/c1-25(30-13-11-28(12-14-30)23-37-24-29-9-6-10-32(35)21-29)26(2)31-15-17-33(18-16-31)36(20-19-34)22-27-7-4-3-5-8-27/h3-18,21,25-26H,19-20,22-24H2,1-2H3/t25-,26+/m0/s1. The van der Waals surface area contributed by atoms with Crippen molar-refractivity contribution in [3.8, 4) is 0 Å². The lowest BCUT2D eigenvalue weighted by Gasteiger charge is -2.25. The Morgan fingerprint density at radius 1 is 0.676 bits per heavy atom. The van der Waals surface area contributed by atoms with Crippen molar-refractivity contribution in [3.63, 3.8) is 0 Å². The molecule has 0 N–H and O–H groups in total. The Bertz CT molecular complexity index is 1230. The number of benzene rings is 4. The maximum absolute atomic E-state index is 13.3. The van der Waals surface area contributed by atoms with Gasteiger partial charge in [0.05, 0.1) is 13.2 Å². The zero-order valence-corrected chi connectivity index (χ0v) is 21.6. The first-order valence-electron chi connectivity index (χ1n) is 12.9. The molecule has 0 aliphatic carbocycles. The predicted octanol–water partition coefficient (Wildman–Crippen LogP) is 8.43. The molecule has 4 heteroatoms. The average molecular weight is 500 g/mol. The first-order valence-corrected chi connectivity index (χ1v) is 12.9. The summed E-state index contributed by atoms with van der Waals surface area (Å²) in [6, 6.07) is 33.8. The van der Waals surface area contributed by atoms with E-state index in [1.165, 1.54) is 28.8 Å². The van der Waals surface area contributed by atoms with E-state index in [4.69, 9.17) is 4.74 Å².